The summed E-state index contributed by atoms with van der Waals surface area (Å²) in [4.78, 5) is 4.12. The van der Waals surface area contributed by atoms with Crippen molar-refractivity contribution in [3.05, 3.63) is 53.9 Å². The van der Waals surface area contributed by atoms with Crippen LogP contribution >= 0.6 is 12.2 Å². The van der Waals surface area contributed by atoms with Gasteiger partial charge in [0.05, 0.1) is 5.69 Å². The van der Waals surface area contributed by atoms with Crippen LogP contribution in [0.3, 0.4) is 0 Å². The van der Waals surface area contributed by atoms with Crippen LogP contribution in [0.15, 0.2) is 36.5 Å². The van der Waals surface area contributed by atoms with E-state index in [4.69, 9.17) is 18.0 Å². The number of rotatable bonds is 3. The lowest BCUT2D eigenvalue weighted by Crippen LogP contribution is -2.11. The van der Waals surface area contributed by atoms with E-state index in [1.165, 1.54) is 18.3 Å². The van der Waals surface area contributed by atoms with Gasteiger partial charge in [0.2, 0.25) is 0 Å². The van der Waals surface area contributed by atoms with Crippen molar-refractivity contribution in [1.82, 2.24) is 4.98 Å². The van der Waals surface area contributed by atoms with Gasteiger partial charge in [0.25, 0.3) is 0 Å². The molecule has 0 unspecified atom stereocenters. The molecule has 0 bridgehead atoms. The molecule has 0 saturated heterocycles. The van der Waals surface area contributed by atoms with E-state index >= 15 is 0 Å². The molecule has 0 aliphatic rings. The number of hydrogen-bond acceptors (Lipinski definition) is 3. The van der Waals surface area contributed by atoms with E-state index in [9.17, 15) is 8.78 Å². The molecule has 0 aliphatic heterocycles. The second kappa shape index (κ2) is 5.05. The Morgan fingerprint density at radius 2 is 1.78 bits per heavy atom. The number of benzene rings is 1. The molecule has 2 rings (SSSR count). The SMILES string of the molecule is NC(=S)c1cc(Nc2cc(F)cc(F)c2)ccn1. The van der Waals surface area contributed by atoms with Crippen LogP contribution in [0.5, 0.6) is 0 Å². The average Bonchev–Trinajstić information content (AvgIpc) is 2.27. The normalized spacial score (nSPS) is 10.1. The molecule has 0 saturated carbocycles. The highest BCUT2D eigenvalue weighted by atomic mass is 32.1. The summed E-state index contributed by atoms with van der Waals surface area (Å²) in [5, 5.41) is 2.85. The zero-order chi connectivity index (χ0) is 13.1. The fraction of sp³-hybridized carbons (Fsp3) is 0. The second-order valence-corrected chi connectivity index (χ2v) is 4.02. The summed E-state index contributed by atoms with van der Waals surface area (Å²) in [7, 11) is 0. The van der Waals surface area contributed by atoms with Crippen molar-refractivity contribution in [2.75, 3.05) is 5.32 Å². The third-order valence-corrected chi connectivity index (χ3v) is 2.37. The predicted octanol–water partition coefficient (Wildman–Crippen LogP) is 2.74. The van der Waals surface area contributed by atoms with E-state index in [1.54, 1.807) is 12.1 Å². The molecule has 3 N–H and O–H groups in total. The van der Waals surface area contributed by atoms with Gasteiger partial charge in [-0.25, -0.2) is 8.78 Å². The Balaban J connectivity index is 2.28. The van der Waals surface area contributed by atoms with Gasteiger partial charge < -0.3 is 11.1 Å². The smallest absolute Gasteiger partial charge is 0.128 e. The number of hydrogen-bond donors (Lipinski definition) is 2. The van der Waals surface area contributed by atoms with Crippen LogP contribution in [-0.2, 0) is 0 Å². The summed E-state index contributed by atoms with van der Waals surface area (Å²) in [5.41, 5.74) is 6.78. The van der Waals surface area contributed by atoms with Crippen LogP contribution in [0.2, 0.25) is 0 Å². The van der Waals surface area contributed by atoms with E-state index in [0.717, 1.165) is 6.07 Å². The third kappa shape index (κ3) is 2.98. The van der Waals surface area contributed by atoms with Crippen molar-refractivity contribution in [2.24, 2.45) is 5.73 Å². The molecule has 0 atom stereocenters. The molecule has 1 aromatic heterocycles. The molecular weight excluding hydrogens is 256 g/mol. The number of nitrogens with zero attached hydrogens (tertiary/aromatic N) is 1. The number of halogens is 2. The van der Waals surface area contributed by atoms with Crippen LogP contribution in [0.25, 0.3) is 0 Å². The Kier molecular flexibility index (Phi) is 3.47. The highest BCUT2D eigenvalue weighted by Crippen LogP contribution is 2.19. The van der Waals surface area contributed by atoms with E-state index in [1.807, 2.05) is 0 Å². The number of anilines is 2. The van der Waals surface area contributed by atoms with Crippen LogP contribution < -0.4 is 11.1 Å². The van der Waals surface area contributed by atoms with Gasteiger partial charge in [0.15, 0.2) is 0 Å². The number of pyridine rings is 1. The molecule has 92 valence electrons. The molecular formula is C12H9F2N3S. The van der Waals surface area contributed by atoms with Crippen molar-refractivity contribution in [3.63, 3.8) is 0 Å². The van der Waals surface area contributed by atoms with Crippen LogP contribution in [-0.4, -0.2) is 9.97 Å². The Hall–Kier alpha value is -2.08. The van der Waals surface area contributed by atoms with Gasteiger partial charge in [0, 0.05) is 23.6 Å². The van der Waals surface area contributed by atoms with Gasteiger partial charge in [-0.1, -0.05) is 12.2 Å². The van der Waals surface area contributed by atoms with Crippen molar-refractivity contribution in [2.45, 2.75) is 0 Å². The molecule has 1 aromatic carbocycles. The van der Waals surface area contributed by atoms with E-state index < -0.39 is 11.6 Å². The predicted molar refractivity (Wildman–Crippen MR) is 69.8 cm³/mol. The topological polar surface area (TPSA) is 50.9 Å². The van der Waals surface area contributed by atoms with Crippen molar-refractivity contribution < 1.29 is 8.78 Å². The third-order valence-electron chi connectivity index (χ3n) is 2.16. The zero-order valence-electron chi connectivity index (χ0n) is 9.15. The summed E-state index contributed by atoms with van der Waals surface area (Å²) >= 11 is 4.80. The van der Waals surface area contributed by atoms with Gasteiger partial charge in [-0.15, -0.1) is 0 Å². The summed E-state index contributed by atoms with van der Waals surface area (Å²) < 4.78 is 26.0. The molecule has 0 radical (unpaired) electrons. The summed E-state index contributed by atoms with van der Waals surface area (Å²) in [5.74, 6) is -1.30. The van der Waals surface area contributed by atoms with E-state index in [-0.39, 0.29) is 4.99 Å². The zero-order valence-corrected chi connectivity index (χ0v) is 9.97. The largest absolute Gasteiger partial charge is 0.388 e. The van der Waals surface area contributed by atoms with Gasteiger partial charge >= 0.3 is 0 Å². The van der Waals surface area contributed by atoms with Crippen LogP contribution in [0.4, 0.5) is 20.2 Å². The molecule has 0 aliphatic carbocycles. The lowest BCUT2D eigenvalue weighted by atomic mass is 10.2. The number of thiocarbonyl (C=S) groups is 1. The van der Waals surface area contributed by atoms with Crippen molar-refractivity contribution >= 4 is 28.6 Å². The standard InChI is InChI=1S/C12H9F2N3S/c13-7-3-8(14)5-10(4-7)17-9-1-2-16-11(6-9)12(15)18/h1-6H,(H2,15,18)(H,16,17). The molecule has 0 spiro atoms. The fourth-order valence-corrected chi connectivity index (χ4v) is 1.55. The first-order valence-corrected chi connectivity index (χ1v) is 5.44. The van der Waals surface area contributed by atoms with Gasteiger partial charge in [-0.05, 0) is 24.3 Å². The number of aromatic nitrogens is 1. The molecule has 3 nitrogen and oxygen atoms in total. The van der Waals surface area contributed by atoms with Crippen molar-refractivity contribution in [3.8, 4) is 0 Å². The highest BCUT2D eigenvalue weighted by molar-refractivity contribution is 7.80. The average molecular weight is 265 g/mol. The number of nitrogens with one attached hydrogen (secondary N) is 1. The minimum atomic E-state index is -0.652. The molecule has 0 amide bonds. The fourth-order valence-electron chi connectivity index (χ4n) is 1.44. The van der Waals surface area contributed by atoms with E-state index in [0.29, 0.717) is 17.1 Å². The first kappa shape index (κ1) is 12.4. The summed E-state index contributed by atoms with van der Waals surface area (Å²) in [6, 6.07) is 6.42. The van der Waals surface area contributed by atoms with Crippen LogP contribution in [0, 0.1) is 11.6 Å². The van der Waals surface area contributed by atoms with E-state index in [2.05, 4.69) is 10.3 Å². The maximum Gasteiger partial charge on any atom is 0.128 e. The Labute approximate surface area is 108 Å². The summed E-state index contributed by atoms with van der Waals surface area (Å²) in [6.07, 6.45) is 1.51. The lowest BCUT2D eigenvalue weighted by molar-refractivity contribution is 0.584. The molecule has 0 fully saturated rings. The summed E-state index contributed by atoms with van der Waals surface area (Å²) in [6.45, 7) is 0. The Bertz CT molecular complexity index is 581. The van der Waals surface area contributed by atoms with Gasteiger partial charge in [-0.3, -0.25) is 4.98 Å². The monoisotopic (exact) mass is 265 g/mol. The molecule has 1 heterocycles. The Morgan fingerprint density at radius 1 is 1.11 bits per heavy atom. The highest BCUT2D eigenvalue weighted by Gasteiger charge is 2.03. The number of nitrogens with two attached hydrogens (primary N) is 1. The molecule has 18 heavy (non-hydrogen) atoms. The Morgan fingerprint density at radius 3 is 2.39 bits per heavy atom. The maximum atomic E-state index is 13.0. The first-order valence-electron chi connectivity index (χ1n) is 5.03. The van der Waals surface area contributed by atoms with Gasteiger partial charge in [0.1, 0.15) is 16.6 Å². The first-order chi connectivity index (χ1) is 8.54. The molecule has 6 heteroatoms. The van der Waals surface area contributed by atoms with Crippen LogP contribution in [0.1, 0.15) is 5.69 Å². The minimum Gasteiger partial charge on any atom is -0.388 e. The second-order valence-electron chi connectivity index (χ2n) is 3.58. The van der Waals surface area contributed by atoms with Crippen molar-refractivity contribution in [1.29, 1.82) is 0 Å². The quantitative estimate of drug-likeness (QED) is 0.838. The molecule has 2 aromatic rings. The minimum absolute atomic E-state index is 0.157. The van der Waals surface area contributed by atoms with Gasteiger partial charge in [-0.2, -0.15) is 0 Å². The lowest BCUT2D eigenvalue weighted by Gasteiger charge is -2.07. The maximum absolute atomic E-state index is 13.0.